The highest BCUT2D eigenvalue weighted by Gasteiger charge is 2.20. The smallest absolute Gasteiger partial charge is 0.00550 e. The van der Waals surface area contributed by atoms with E-state index >= 15 is 0 Å². The molecule has 0 heteroatoms. The van der Waals surface area contributed by atoms with Crippen LogP contribution >= 0.6 is 0 Å². The molecule has 0 amide bonds. The topological polar surface area (TPSA) is 0 Å². The van der Waals surface area contributed by atoms with Crippen molar-refractivity contribution in [1.29, 1.82) is 0 Å². The molecule has 0 unspecified atom stereocenters. The third-order valence-corrected chi connectivity index (χ3v) is 4.33. The number of hydrogen-bond donors (Lipinski definition) is 0. The van der Waals surface area contributed by atoms with Crippen molar-refractivity contribution in [3.63, 3.8) is 0 Å². The van der Waals surface area contributed by atoms with Gasteiger partial charge in [0.2, 0.25) is 0 Å². The van der Waals surface area contributed by atoms with Crippen molar-refractivity contribution in [1.82, 2.24) is 0 Å². The van der Waals surface area contributed by atoms with Gasteiger partial charge in [-0.3, -0.25) is 0 Å². The van der Waals surface area contributed by atoms with Gasteiger partial charge in [-0.1, -0.05) is 74.9 Å². The highest BCUT2D eigenvalue weighted by atomic mass is 14.2. The normalized spacial score (nSPS) is 13.5. The fourth-order valence-electron chi connectivity index (χ4n) is 3.09. The third kappa shape index (κ3) is 2.20. The maximum absolute atomic E-state index is 2.43. The fourth-order valence-corrected chi connectivity index (χ4v) is 3.09. The first-order valence-electron chi connectivity index (χ1n) is 7.61. The Labute approximate surface area is 122 Å². The quantitative estimate of drug-likeness (QED) is 0.684. The lowest BCUT2D eigenvalue weighted by molar-refractivity contribution is 0.754. The van der Waals surface area contributed by atoms with Gasteiger partial charge >= 0.3 is 0 Å². The molecule has 1 aliphatic carbocycles. The Kier molecular flexibility index (Phi) is 3.48. The molecule has 0 heterocycles. The molecular formula is C20H22. The van der Waals surface area contributed by atoms with Crippen LogP contribution in [0.2, 0.25) is 0 Å². The summed E-state index contributed by atoms with van der Waals surface area (Å²) in [6, 6.07) is 15.5. The molecule has 0 aliphatic heterocycles. The second-order valence-electron chi connectivity index (χ2n) is 5.94. The summed E-state index contributed by atoms with van der Waals surface area (Å²) in [5, 5.41) is 0. The van der Waals surface area contributed by atoms with Gasteiger partial charge < -0.3 is 0 Å². The molecular weight excluding hydrogens is 240 g/mol. The van der Waals surface area contributed by atoms with Crippen LogP contribution in [0.25, 0.3) is 17.2 Å². The maximum Gasteiger partial charge on any atom is -0.00550 e. The molecule has 2 aromatic rings. The van der Waals surface area contributed by atoms with Crippen LogP contribution in [0, 0.1) is 5.92 Å². The third-order valence-electron chi connectivity index (χ3n) is 4.33. The van der Waals surface area contributed by atoms with Gasteiger partial charge in [0.1, 0.15) is 0 Å². The van der Waals surface area contributed by atoms with Crippen LogP contribution in [0.5, 0.6) is 0 Å². The van der Waals surface area contributed by atoms with E-state index in [-0.39, 0.29) is 0 Å². The van der Waals surface area contributed by atoms with E-state index in [2.05, 4.69) is 69.3 Å². The van der Waals surface area contributed by atoms with Crippen molar-refractivity contribution in [2.45, 2.75) is 33.6 Å². The van der Waals surface area contributed by atoms with E-state index in [0.29, 0.717) is 5.92 Å². The molecule has 0 atom stereocenters. The maximum atomic E-state index is 2.43. The first kappa shape index (κ1) is 13.2. The van der Waals surface area contributed by atoms with Crippen LogP contribution in [0.15, 0.2) is 48.0 Å². The second-order valence-corrected chi connectivity index (χ2v) is 5.94. The highest BCUT2D eigenvalue weighted by molar-refractivity contribution is 5.83. The summed E-state index contributed by atoms with van der Waals surface area (Å²) in [4.78, 5) is 0. The SMILES string of the molecule is CCc1ccc2c(c1-c1ccccc1)C=C(C(C)C)C2. The van der Waals surface area contributed by atoms with Crippen molar-refractivity contribution >= 4 is 6.08 Å². The van der Waals surface area contributed by atoms with Crippen LogP contribution in [0.3, 0.4) is 0 Å². The highest BCUT2D eigenvalue weighted by Crippen LogP contribution is 2.38. The Hall–Kier alpha value is -1.82. The molecule has 0 nitrogen and oxygen atoms in total. The van der Waals surface area contributed by atoms with Crippen LogP contribution in [0.4, 0.5) is 0 Å². The Morgan fingerprint density at radius 2 is 1.75 bits per heavy atom. The predicted octanol–water partition coefficient (Wildman–Crippen LogP) is 5.51. The molecule has 2 aromatic carbocycles. The van der Waals surface area contributed by atoms with Gasteiger partial charge in [0, 0.05) is 0 Å². The number of benzene rings is 2. The van der Waals surface area contributed by atoms with Gasteiger partial charge in [0.05, 0.1) is 0 Å². The minimum atomic E-state index is 0.635. The molecule has 3 rings (SSSR count). The zero-order valence-corrected chi connectivity index (χ0v) is 12.6. The average molecular weight is 262 g/mol. The molecule has 0 bridgehead atoms. The first-order chi connectivity index (χ1) is 9.70. The van der Waals surface area contributed by atoms with Crippen molar-refractivity contribution in [2.75, 3.05) is 0 Å². The number of hydrogen-bond acceptors (Lipinski definition) is 0. The average Bonchev–Trinajstić information content (AvgIpc) is 2.91. The minimum absolute atomic E-state index is 0.635. The van der Waals surface area contributed by atoms with Crippen molar-refractivity contribution in [2.24, 2.45) is 5.92 Å². The van der Waals surface area contributed by atoms with Gasteiger partial charge in [-0.25, -0.2) is 0 Å². The summed E-state index contributed by atoms with van der Waals surface area (Å²) < 4.78 is 0. The van der Waals surface area contributed by atoms with Crippen molar-refractivity contribution < 1.29 is 0 Å². The van der Waals surface area contributed by atoms with Crippen LogP contribution < -0.4 is 0 Å². The Morgan fingerprint density at radius 3 is 2.40 bits per heavy atom. The summed E-state index contributed by atoms with van der Waals surface area (Å²) in [5.41, 5.74) is 8.76. The van der Waals surface area contributed by atoms with E-state index in [1.807, 2.05) is 0 Å². The van der Waals surface area contributed by atoms with Gasteiger partial charge in [-0.05, 0) is 46.6 Å². The molecule has 0 N–H and O–H groups in total. The lowest BCUT2D eigenvalue weighted by atomic mass is 9.91. The molecule has 0 saturated heterocycles. The zero-order chi connectivity index (χ0) is 14.1. The number of allylic oxidation sites excluding steroid dienone is 1. The summed E-state index contributed by atoms with van der Waals surface area (Å²) >= 11 is 0. The lowest BCUT2D eigenvalue weighted by Crippen LogP contribution is -1.95. The minimum Gasteiger partial charge on any atom is -0.0626 e. The Bertz CT molecular complexity index is 645. The van der Waals surface area contributed by atoms with Crippen molar-refractivity contribution in [3.8, 4) is 11.1 Å². The Morgan fingerprint density at radius 1 is 1.00 bits per heavy atom. The predicted molar refractivity (Wildman–Crippen MR) is 87.8 cm³/mol. The standard InChI is InChI=1S/C20H22/c1-4-15-10-11-17-12-18(14(2)3)13-19(17)20(15)16-8-6-5-7-9-16/h5-11,13-14H,4,12H2,1-3H3. The molecule has 0 spiro atoms. The number of fused-ring (bicyclic) bond motifs is 1. The summed E-state index contributed by atoms with van der Waals surface area (Å²) in [7, 11) is 0. The Balaban J connectivity index is 2.21. The first-order valence-corrected chi connectivity index (χ1v) is 7.61. The van der Waals surface area contributed by atoms with E-state index in [9.17, 15) is 0 Å². The van der Waals surface area contributed by atoms with E-state index in [4.69, 9.17) is 0 Å². The summed E-state index contributed by atoms with van der Waals surface area (Å²) in [5.74, 6) is 0.635. The second kappa shape index (κ2) is 5.28. The largest absolute Gasteiger partial charge is 0.0626 e. The summed E-state index contributed by atoms with van der Waals surface area (Å²) in [6.45, 7) is 6.83. The van der Waals surface area contributed by atoms with Crippen LogP contribution in [-0.2, 0) is 12.8 Å². The van der Waals surface area contributed by atoms with Crippen LogP contribution in [0.1, 0.15) is 37.5 Å². The van der Waals surface area contributed by atoms with Gasteiger partial charge in [0.25, 0.3) is 0 Å². The zero-order valence-electron chi connectivity index (χ0n) is 12.6. The molecule has 0 fully saturated rings. The van der Waals surface area contributed by atoms with E-state index < -0.39 is 0 Å². The lowest BCUT2D eigenvalue weighted by Gasteiger charge is -2.13. The molecule has 0 saturated carbocycles. The monoisotopic (exact) mass is 262 g/mol. The number of rotatable bonds is 3. The molecule has 102 valence electrons. The van der Waals surface area contributed by atoms with Crippen molar-refractivity contribution in [3.05, 3.63) is 64.7 Å². The summed E-state index contributed by atoms with van der Waals surface area (Å²) in [6.07, 6.45) is 4.64. The van der Waals surface area contributed by atoms with Gasteiger partial charge in [-0.15, -0.1) is 0 Å². The fraction of sp³-hybridized carbons (Fsp3) is 0.300. The van der Waals surface area contributed by atoms with Gasteiger partial charge in [-0.2, -0.15) is 0 Å². The van der Waals surface area contributed by atoms with E-state index in [0.717, 1.165) is 12.8 Å². The van der Waals surface area contributed by atoms with E-state index in [1.54, 1.807) is 5.57 Å². The molecule has 0 radical (unpaired) electrons. The molecule has 20 heavy (non-hydrogen) atoms. The van der Waals surface area contributed by atoms with Crippen LogP contribution in [-0.4, -0.2) is 0 Å². The molecule has 0 aromatic heterocycles. The van der Waals surface area contributed by atoms with Gasteiger partial charge in [0.15, 0.2) is 0 Å². The van der Waals surface area contributed by atoms with E-state index in [1.165, 1.54) is 27.8 Å². The molecule has 1 aliphatic rings. The number of aryl methyl sites for hydroxylation is 1.